The number of carbonyl (C=O) groups excluding carboxylic acids is 2. The van der Waals surface area contributed by atoms with Crippen molar-refractivity contribution in [3.63, 3.8) is 0 Å². The average molecular weight is 527 g/mol. The fourth-order valence-electron chi connectivity index (χ4n) is 5.13. The first kappa shape index (κ1) is 31.1. The van der Waals surface area contributed by atoms with Crippen LogP contribution in [0.4, 0.5) is 0 Å². The van der Waals surface area contributed by atoms with Gasteiger partial charge in [0.05, 0.1) is 12.1 Å². The molecule has 1 unspecified atom stereocenters. The van der Waals surface area contributed by atoms with Gasteiger partial charge in [-0.15, -0.1) is 0 Å². The van der Waals surface area contributed by atoms with Crippen molar-refractivity contribution < 1.29 is 19.5 Å². The van der Waals surface area contributed by atoms with Crippen LogP contribution >= 0.6 is 0 Å². The van der Waals surface area contributed by atoms with Crippen LogP contribution in [-0.4, -0.2) is 64.6 Å². The van der Waals surface area contributed by atoms with Gasteiger partial charge in [-0.3, -0.25) is 9.59 Å². The summed E-state index contributed by atoms with van der Waals surface area (Å²) in [7, 11) is 5.41. The first-order chi connectivity index (χ1) is 17.4. The van der Waals surface area contributed by atoms with Gasteiger partial charge in [-0.05, 0) is 36.9 Å². The van der Waals surface area contributed by atoms with Crippen LogP contribution in [0.5, 0.6) is 0 Å². The van der Waals surface area contributed by atoms with Crippen LogP contribution in [0.25, 0.3) is 10.9 Å². The number of fused-ring (bicyclic) bond motifs is 1. The highest BCUT2D eigenvalue weighted by molar-refractivity contribution is 5.93. The number of nitrogens with one attached hydrogen (secondary N) is 2. The monoisotopic (exact) mass is 526 g/mol. The minimum Gasteiger partial charge on any atom is -0.478 e. The minimum atomic E-state index is -1.02. The van der Waals surface area contributed by atoms with Crippen LogP contribution in [0.15, 0.2) is 42.1 Å². The lowest BCUT2D eigenvalue weighted by molar-refractivity contribution is -0.141. The van der Waals surface area contributed by atoms with E-state index in [0.717, 1.165) is 16.5 Å². The van der Waals surface area contributed by atoms with Gasteiger partial charge >= 0.3 is 5.97 Å². The summed E-state index contributed by atoms with van der Waals surface area (Å²) in [5, 5.41) is 16.7. The Morgan fingerprint density at radius 3 is 2.13 bits per heavy atom. The van der Waals surface area contributed by atoms with E-state index in [1.54, 1.807) is 25.1 Å². The van der Waals surface area contributed by atoms with Crippen molar-refractivity contribution in [3.8, 4) is 0 Å². The lowest BCUT2D eigenvalue weighted by Gasteiger charge is -2.39. The van der Waals surface area contributed by atoms with Crippen molar-refractivity contribution in [1.82, 2.24) is 20.1 Å². The normalized spacial score (nSPS) is 15.3. The molecular weight excluding hydrogens is 480 g/mol. The van der Waals surface area contributed by atoms with Crippen molar-refractivity contribution in [1.29, 1.82) is 0 Å². The fourth-order valence-corrected chi connectivity index (χ4v) is 5.13. The van der Waals surface area contributed by atoms with Crippen LogP contribution in [0.1, 0.15) is 61.0 Å². The molecule has 0 aliphatic rings. The third kappa shape index (κ3) is 6.46. The number of aryl methyl sites for hydroxylation is 1. The summed E-state index contributed by atoms with van der Waals surface area (Å²) in [5.74, 6) is -1.59. The number of aromatic nitrogens is 1. The molecule has 0 radical (unpaired) electrons. The van der Waals surface area contributed by atoms with Gasteiger partial charge in [0, 0.05) is 42.2 Å². The number of carboxylic acid groups (broad SMARTS) is 1. The number of hydrogen-bond acceptors (Lipinski definition) is 4. The quantitative estimate of drug-likeness (QED) is 0.405. The van der Waals surface area contributed by atoms with E-state index in [0.29, 0.717) is 0 Å². The number of para-hydroxylation sites is 1. The van der Waals surface area contributed by atoms with E-state index in [9.17, 15) is 19.5 Å². The number of hydrogen-bond donors (Lipinski definition) is 3. The standard InChI is InChI=1S/C30H46N4O4/c1-18(2)23(16-19(3)28(37)38)34(11)27(36)25(29(4,5)6)32-26(35)24(31-9)30(7,8)21-17-33(10)22-15-13-12-14-20(21)22/h12-18,23-25,31H,1-11H3,(H,32,35)(H,37,38)/b19-16+/t23-,24?,25+/m0/s1. The highest BCUT2D eigenvalue weighted by atomic mass is 16.4. The van der Waals surface area contributed by atoms with Gasteiger partial charge in [0.25, 0.3) is 0 Å². The van der Waals surface area contributed by atoms with Crippen LogP contribution in [-0.2, 0) is 26.8 Å². The maximum atomic E-state index is 13.9. The molecule has 0 spiro atoms. The smallest absolute Gasteiger partial charge is 0.331 e. The van der Waals surface area contributed by atoms with Crippen molar-refractivity contribution in [2.45, 2.75) is 78.9 Å². The van der Waals surface area contributed by atoms with E-state index in [2.05, 4.69) is 33.5 Å². The highest BCUT2D eigenvalue weighted by Gasteiger charge is 2.42. The maximum Gasteiger partial charge on any atom is 0.331 e. The lowest BCUT2D eigenvalue weighted by Crippen LogP contribution is -2.61. The number of carbonyl (C=O) groups is 3. The molecule has 8 nitrogen and oxygen atoms in total. The molecule has 0 aliphatic heterocycles. The zero-order valence-corrected chi connectivity index (χ0v) is 24.8. The summed E-state index contributed by atoms with van der Waals surface area (Å²) in [5.41, 5.74) is 1.11. The largest absolute Gasteiger partial charge is 0.478 e. The molecule has 210 valence electrons. The van der Waals surface area contributed by atoms with E-state index in [4.69, 9.17) is 0 Å². The number of benzene rings is 1. The first-order valence-corrected chi connectivity index (χ1v) is 13.2. The summed E-state index contributed by atoms with van der Waals surface area (Å²) in [6, 6.07) is 6.23. The molecule has 0 saturated carbocycles. The van der Waals surface area contributed by atoms with Gasteiger partial charge in [0.15, 0.2) is 0 Å². The van der Waals surface area contributed by atoms with Gasteiger partial charge in [0.1, 0.15) is 6.04 Å². The number of rotatable bonds is 10. The number of amides is 2. The van der Waals surface area contributed by atoms with Gasteiger partial charge in [0.2, 0.25) is 11.8 Å². The molecule has 2 aromatic rings. The molecule has 3 N–H and O–H groups in total. The van der Waals surface area contributed by atoms with Gasteiger partial charge in [-0.2, -0.15) is 0 Å². The first-order valence-electron chi connectivity index (χ1n) is 13.2. The van der Waals surface area contributed by atoms with Crippen molar-refractivity contribution in [2.75, 3.05) is 14.1 Å². The Morgan fingerprint density at radius 2 is 1.63 bits per heavy atom. The summed E-state index contributed by atoms with van der Waals surface area (Å²) in [4.78, 5) is 40.7. The molecule has 1 aromatic carbocycles. The second-order valence-electron chi connectivity index (χ2n) is 12.3. The maximum absolute atomic E-state index is 13.9. The van der Waals surface area contributed by atoms with Gasteiger partial charge in [-0.1, -0.05) is 72.7 Å². The second-order valence-corrected chi connectivity index (χ2v) is 12.3. The molecular formula is C30H46N4O4. The Morgan fingerprint density at radius 1 is 1.05 bits per heavy atom. The summed E-state index contributed by atoms with van der Waals surface area (Å²) in [6.45, 7) is 15.2. The molecule has 0 aliphatic carbocycles. The van der Waals surface area contributed by atoms with E-state index in [1.165, 1.54) is 6.92 Å². The van der Waals surface area contributed by atoms with E-state index in [-0.39, 0.29) is 23.3 Å². The topological polar surface area (TPSA) is 104 Å². The van der Waals surface area contributed by atoms with Crippen molar-refractivity contribution >= 4 is 28.7 Å². The van der Waals surface area contributed by atoms with Crippen LogP contribution in [0.2, 0.25) is 0 Å². The predicted octanol–water partition coefficient (Wildman–Crippen LogP) is 4.09. The van der Waals surface area contributed by atoms with Crippen LogP contribution < -0.4 is 10.6 Å². The Balaban J connectivity index is 2.43. The van der Waals surface area contributed by atoms with Crippen LogP contribution in [0, 0.1) is 11.3 Å². The Bertz CT molecular complexity index is 1200. The molecule has 0 saturated heterocycles. The summed E-state index contributed by atoms with van der Waals surface area (Å²) in [6.07, 6.45) is 3.67. The lowest BCUT2D eigenvalue weighted by atomic mass is 9.76. The number of nitrogens with zero attached hydrogens (tertiary/aromatic N) is 2. The number of likely N-dealkylation sites (N-methyl/N-ethyl adjacent to an activating group) is 2. The van der Waals surface area contributed by atoms with E-state index >= 15 is 0 Å². The molecule has 1 aromatic heterocycles. The van der Waals surface area contributed by atoms with Crippen molar-refractivity contribution in [3.05, 3.63) is 47.7 Å². The van der Waals surface area contributed by atoms with Crippen LogP contribution in [0.3, 0.4) is 0 Å². The second kappa shape index (κ2) is 11.7. The molecule has 3 atom stereocenters. The minimum absolute atomic E-state index is 0.0232. The summed E-state index contributed by atoms with van der Waals surface area (Å²) >= 11 is 0. The van der Waals surface area contributed by atoms with Crippen molar-refractivity contribution in [2.24, 2.45) is 18.4 Å². The van der Waals surface area contributed by atoms with E-state index in [1.807, 2.05) is 67.6 Å². The molecule has 0 bridgehead atoms. The zero-order chi connectivity index (χ0) is 29.2. The Kier molecular flexibility index (Phi) is 9.59. The van der Waals surface area contributed by atoms with E-state index < -0.39 is 34.9 Å². The highest BCUT2D eigenvalue weighted by Crippen LogP contribution is 2.35. The Hall–Kier alpha value is -3.13. The molecule has 1 heterocycles. The summed E-state index contributed by atoms with van der Waals surface area (Å²) < 4.78 is 2.06. The number of aliphatic carboxylic acids is 1. The predicted molar refractivity (Wildman–Crippen MR) is 153 cm³/mol. The average Bonchev–Trinajstić information content (AvgIpc) is 3.16. The Labute approximate surface area is 227 Å². The molecule has 2 rings (SSSR count). The fraction of sp³-hybridized carbons (Fsp3) is 0.567. The molecule has 8 heteroatoms. The van der Waals surface area contributed by atoms with Gasteiger partial charge < -0.3 is 25.2 Å². The molecule has 2 amide bonds. The number of carboxylic acids is 1. The molecule has 0 fully saturated rings. The molecule has 38 heavy (non-hydrogen) atoms. The van der Waals surface area contributed by atoms with Gasteiger partial charge in [-0.25, -0.2) is 4.79 Å². The zero-order valence-electron chi connectivity index (χ0n) is 24.8. The third-order valence-electron chi connectivity index (χ3n) is 7.50. The SMILES string of the molecule is CNC(C(=O)N[C@H](C(=O)N(C)[C@@H](/C=C(\C)C(=O)O)C(C)C)C(C)(C)C)C(C)(C)c1cn(C)c2ccccc12. The third-order valence-corrected chi connectivity index (χ3v) is 7.50.